The molecular formula is C23H24N4O3. The van der Waals surface area contributed by atoms with E-state index in [1.807, 2.05) is 58.0 Å². The third kappa shape index (κ3) is 5.20. The molecule has 1 aromatic heterocycles. The minimum Gasteiger partial charge on any atom is -0.324 e. The van der Waals surface area contributed by atoms with E-state index < -0.39 is 17.4 Å². The average molecular weight is 404 g/mol. The molecule has 2 aromatic carbocycles. The van der Waals surface area contributed by atoms with Gasteiger partial charge in [0.15, 0.2) is 0 Å². The van der Waals surface area contributed by atoms with Crippen LogP contribution in [0.25, 0.3) is 0 Å². The van der Waals surface area contributed by atoms with Crippen LogP contribution in [0.4, 0.5) is 11.4 Å². The second-order valence-electron chi connectivity index (χ2n) is 7.39. The van der Waals surface area contributed by atoms with Crippen LogP contribution < -0.4 is 16.2 Å². The molecule has 2 amide bonds. The first-order valence-electron chi connectivity index (χ1n) is 9.56. The number of nitrogens with zero attached hydrogens (tertiary/aromatic N) is 2. The van der Waals surface area contributed by atoms with Gasteiger partial charge in [-0.3, -0.25) is 14.4 Å². The number of aromatic nitrogens is 2. The normalized spacial score (nSPS) is 10.5. The lowest BCUT2D eigenvalue weighted by molar-refractivity contribution is -0.117. The van der Waals surface area contributed by atoms with E-state index in [1.165, 1.54) is 12.1 Å². The minimum atomic E-state index is -0.465. The smallest absolute Gasteiger partial charge is 0.276 e. The van der Waals surface area contributed by atoms with Crippen LogP contribution >= 0.6 is 0 Å². The van der Waals surface area contributed by atoms with Crippen molar-refractivity contribution in [1.29, 1.82) is 0 Å². The SMILES string of the molecule is Cc1cc(C)cc(NC(=O)Cn2nc(C(=O)Nc3ccc(C)c(C)c3)ccc2=O)c1. The van der Waals surface area contributed by atoms with Gasteiger partial charge in [-0.2, -0.15) is 5.10 Å². The summed E-state index contributed by atoms with van der Waals surface area (Å²) < 4.78 is 0.979. The van der Waals surface area contributed by atoms with E-state index in [1.54, 1.807) is 6.07 Å². The summed E-state index contributed by atoms with van der Waals surface area (Å²) in [5, 5.41) is 9.58. The van der Waals surface area contributed by atoms with Gasteiger partial charge in [-0.25, -0.2) is 4.68 Å². The Labute approximate surface area is 174 Å². The van der Waals surface area contributed by atoms with Crippen LogP contribution in [-0.2, 0) is 11.3 Å². The number of aryl methyl sites for hydroxylation is 4. The Hall–Kier alpha value is -3.74. The van der Waals surface area contributed by atoms with Crippen molar-refractivity contribution in [3.63, 3.8) is 0 Å². The molecule has 2 N–H and O–H groups in total. The number of rotatable bonds is 5. The highest BCUT2D eigenvalue weighted by Crippen LogP contribution is 2.15. The van der Waals surface area contributed by atoms with Crippen LogP contribution in [0.5, 0.6) is 0 Å². The average Bonchev–Trinajstić information content (AvgIpc) is 2.65. The molecule has 1 heterocycles. The maximum absolute atomic E-state index is 12.5. The van der Waals surface area contributed by atoms with Crippen LogP contribution in [0.1, 0.15) is 32.7 Å². The first-order valence-corrected chi connectivity index (χ1v) is 9.56. The number of benzene rings is 2. The molecule has 0 saturated carbocycles. The summed E-state index contributed by atoms with van der Waals surface area (Å²) >= 11 is 0. The van der Waals surface area contributed by atoms with Gasteiger partial charge in [0.2, 0.25) is 5.91 Å². The van der Waals surface area contributed by atoms with Crippen LogP contribution in [-0.4, -0.2) is 21.6 Å². The third-order valence-corrected chi connectivity index (χ3v) is 4.66. The molecule has 0 aliphatic heterocycles. The standard InChI is InChI=1S/C23H24N4O3/c1-14-9-15(2)11-19(10-14)24-21(28)13-27-22(29)8-7-20(26-27)23(30)25-18-6-5-16(3)17(4)12-18/h5-12H,13H2,1-4H3,(H,24,28)(H,25,30). The minimum absolute atomic E-state index is 0.0482. The summed E-state index contributed by atoms with van der Waals surface area (Å²) in [5.41, 5.74) is 5.07. The first kappa shape index (κ1) is 21.0. The van der Waals surface area contributed by atoms with Crippen LogP contribution in [0.3, 0.4) is 0 Å². The molecular weight excluding hydrogens is 380 g/mol. The van der Waals surface area contributed by atoms with Gasteiger partial charge in [0, 0.05) is 17.4 Å². The fourth-order valence-corrected chi connectivity index (χ4v) is 3.08. The van der Waals surface area contributed by atoms with Crippen molar-refractivity contribution in [1.82, 2.24) is 9.78 Å². The highest BCUT2D eigenvalue weighted by molar-refractivity contribution is 6.02. The molecule has 0 saturated heterocycles. The number of carbonyl (C=O) groups is 2. The van der Waals surface area contributed by atoms with E-state index >= 15 is 0 Å². The molecule has 0 spiro atoms. The molecule has 30 heavy (non-hydrogen) atoms. The number of carbonyl (C=O) groups excluding carboxylic acids is 2. The fourth-order valence-electron chi connectivity index (χ4n) is 3.08. The maximum Gasteiger partial charge on any atom is 0.276 e. The van der Waals surface area contributed by atoms with Crippen molar-refractivity contribution in [2.45, 2.75) is 34.2 Å². The molecule has 0 radical (unpaired) electrons. The van der Waals surface area contributed by atoms with Crippen molar-refractivity contribution < 1.29 is 9.59 Å². The number of nitrogens with one attached hydrogen (secondary N) is 2. The molecule has 3 rings (SSSR count). The summed E-state index contributed by atoms with van der Waals surface area (Å²) in [4.78, 5) is 37.0. The summed E-state index contributed by atoms with van der Waals surface area (Å²) in [6.45, 7) is 7.52. The third-order valence-electron chi connectivity index (χ3n) is 4.66. The molecule has 3 aromatic rings. The van der Waals surface area contributed by atoms with Crippen molar-refractivity contribution >= 4 is 23.2 Å². The Morgan fingerprint density at radius 3 is 2.20 bits per heavy atom. The van der Waals surface area contributed by atoms with Gasteiger partial charge in [-0.1, -0.05) is 12.1 Å². The second kappa shape index (κ2) is 8.73. The largest absolute Gasteiger partial charge is 0.324 e. The van der Waals surface area contributed by atoms with Crippen LogP contribution in [0.2, 0.25) is 0 Å². The zero-order chi connectivity index (χ0) is 21.8. The Kier molecular flexibility index (Phi) is 6.11. The van der Waals surface area contributed by atoms with Gasteiger partial charge < -0.3 is 10.6 Å². The first-order chi connectivity index (χ1) is 14.2. The Bertz CT molecular complexity index is 1160. The number of hydrogen-bond acceptors (Lipinski definition) is 4. The highest BCUT2D eigenvalue weighted by atomic mass is 16.2. The zero-order valence-electron chi connectivity index (χ0n) is 17.4. The van der Waals surface area contributed by atoms with E-state index in [0.29, 0.717) is 11.4 Å². The molecule has 0 aliphatic rings. The topological polar surface area (TPSA) is 93.1 Å². The Morgan fingerprint density at radius 1 is 0.833 bits per heavy atom. The van der Waals surface area contributed by atoms with Gasteiger partial charge in [0.1, 0.15) is 12.2 Å². The predicted molar refractivity (Wildman–Crippen MR) is 117 cm³/mol. The van der Waals surface area contributed by atoms with Gasteiger partial charge in [0.25, 0.3) is 11.5 Å². The summed E-state index contributed by atoms with van der Waals surface area (Å²) in [6, 6.07) is 13.8. The molecule has 0 bridgehead atoms. The van der Waals surface area contributed by atoms with Crippen LogP contribution in [0, 0.1) is 27.7 Å². The summed E-state index contributed by atoms with van der Waals surface area (Å²) in [5.74, 6) is -0.858. The van der Waals surface area contributed by atoms with E-state index in [0.717, 1.165) is 26.9 Å². The molecule has 0 aliphatic carbocycles. The Morgan fingerprint density at radius 2 is 1.53 bits per heavy atom. The maximum atomic E-state index is 12.5. The monoisotopic (exact) mass is 404 g/mol. The van der Waals surface area contributed by atoms with E-state index in [9.17, 15) is 14.4 Å². The fraction of sp³-hybridized carbons (Fsp3) is 0.217. The molecule has 154 valence electrons. The zero-order valence-corrected chi connectivity index (χ0v) is 17.4. The lowest BCUT2D eigenvalue weighted by Gasteiger charge is -2.10. The molecule has 0 unspecified atom stereocenters. The molecule has 7 nitrogen and oxygen atoms in total. The second-order valence-corrected chi connectivity index (χ2v) is 7.39. The van der Waals surface area contributed by atoms with Crippen LogP contribution in [0.15, 0.2) is 53.3 Å². The van der Waals surface area contributed by atoms with Gasteiger partial charge in [-0.15, -0.1) is 0 Å². The van der Waals surface area contributed by atoms with E-state index in [4.69, 9.17) is 0 Å². The molecule has 0 fully saturated rings. The van der Waals surface area contributed by atoms with E-state index in [2.05, 4.69) is 15.7 Å². The Balaban J connectivity index is 1.74. The van der Waals surface area contributed by atoms with E-state index in [-0.39, 0.29) is 12.2 Å². The highest BCUT2D eigenvalue weighted by Gasteiger charge is 2.13. The number of amides is 2. The quantitative estimate of drug-likeness (QED) is 0.682. The lowest BCUT2D eigenvalue weighted by Crippen LogP contribution is -2.31. The van der Waals surface area contributed by atoms with Gasteiger partial charge in [0.05, 0.1) is 0 Å². The molecule has 7 heteroatoms. The van der Waals surface area contributed by atoms with Crippen molar-refractivity contribution in [2.24, 2.45) is 0 Å². The number of anilines is 2. The number of hydrogen-bond donors (Lipinski definition) is 2. The van der Waals surface area contributed by atoms with Crippen molar-refractivity contribution in [2.75, 3.05) is 10.6 Å². The van der Waals surface area contributed by atoms with Crippen molar-refractivity contribution in [3.05, 3.63) is 86.8 Å². The lowest BCUT2D eigenvalue weighted by atomic mass is 10.1. The predicted octanol–water partition coefficient (Wildman–Crippen LogP) is 3.37. The summed E-state index contributed by atoms with van der Waals surface area (Å²) in [7, 11) is 0. The van der Waals surface area contributed by atoms with Gasteiger partial charge >= 0.3 is 0 Å². The molecule has 0 atom stereocenters. The van der Waals surface area contributed by atoms with Crippen molar-refractivity contribution in [3.8, 4) is 0 Å². The van der Waals surface area contributed by atoms with Gasteiger partial charge in [-0.05, 0) is 80.3 Å². The summed E-state index contributed by atoms with van der Waals surface area (Å²) in [6.07, 6.45) is 0.